The molecule has 3 heterocycles. The lowest BCUT2D eigenvalue weighted by Gasteiger charge is -2.16. The molecule has 1 aliphatic heterocycles. The van der Waals surface area contributed by atoms with Crippen molar-refractivity contribution in [3.63, 3.8) is 0 Å². The van der Waals surface area contributed by atoms with E-state index in [-0.39, 0.29) is 11.2 Å². The van der Waals surface area contributed by atoms with Gasteiger partial charge in [-0.3, -0.25) is 13.9 Å². The molecule has 0 atom stereocenters. The van der Waals surface area contributed by atoms with Crippen LogP contribution in [0.4, 0.5) is 0 Å². The van der Waals surface area contributed by atoms with Crippen molar-refractivity contribution in [3.05, 3.63) is 26.7 Å². The van der Waals surface area contributed by atoms with E-state index in [1.807, 2.05) is 0 Å². The van der Waals surface area contributed by atoms with Crippen LogP contribution in [0, 0.1) is 0 Å². The molecule has 1 saturated heterocycles. The van der Waals surface area contributed by atoms with Crippen LogP contribution in [-0.2, 0) is 14.1 Å². The van der Waals surface area contributed by atoms with Crippen molar-refractivity contribution in [2.24, 2.45) is 14.1 Å². The first-order chi connectivity index (χ1) is 13.1. The van der Waals surface area contributed by atoms with Gasteiger partial charge in [-0.15, -0.1) is 11.8 Å². The largest absolute Gasteiger partial charge is 0.332 e. The lowest BCUT2D eigenvalue weighted by atomic mass is 10.1. The third-order valence-electron chi connectivity index (χ3n) is 5.85. The van der Waals surface area contributed by atoms with Gasteiger partial charge in [0.15, 0.2) is 5.65 Å². The molecular formula is C19H27N5O2S. The maximum Gasteiger partial charge on any atom is 0.332 e. The van der Waals surface area contributed by atoms with Gasteiger partial charge in [0, 0.05) is 32.3 Å². The van der Waals surface area contributed by atoms with E-state index in [2.05, 4.69) is 9.88 Å². The Labute approximate surface area is 162 Å². The van der Waals surface area contributed by atoms with Crippen LogP contribution in [0.25, 0.3) is 11.0 Å². The minimum atomic E-state index is -0.336. The summed E-state index contributed by atoms with van der Waals surface area (Å²) in [4.78, 5) is 37.2. The molecule has 4 rings (SSSR count). The number of hydrogen-bond acceptors (Lipinski definition) is 6. The summed E-state index contributed by atoms with van der Waals surface area (Å²) in [6.07, 6.45) is 7.10. The minimum Gasteiger partial charge on any atom is -0.303 e. The zero-order valence-electron chi connectivity index (χ0n) is 16.1. The second-order valence-corrected chi connectivity index (χ2v) is 8.75. The highest BCUT2D eigenvalue weighted by Gasteiger charge is 2.24. The van der Waals surface area contributed by atoms with E-state index < -0.39 is 0 Å². The molecular weight excluding hydrogens is 362 g/mol. The van der Waals surface area contributed by atoms with E-state index in [4.69, 9.17) is 4.98 Å². The Morgan fingerprint density at radius 3 is 2.41 bits per heavy atom. The molecule has 2 fully saturated rings. The standard InChI is InChI=1S/C19H27N5O2S/c1-22-16-14(18(25)23(2)19(22)26)17(27-12-11-24-9-5-6-10-24)21-15(20-16)13-7-3-4-8-13/h13H,3-12H2,1-2H3. The highest BCUT2D eigenvalue weighted by molar-refractivity contribution is 7.99. The molecule has 146 valence electrons. The Bertz CT molecular complexity index is 955. The van der Waals surface area contributed by atoms with Crippen LogP contribution in [-0.4, -0.2) is 49.4 Å². The first-order valence-corrected chi connectivity index (χ1v) is 10.9. The predicted molar refractivity (Wildman–Crippen MR) is 108 cm³/mol. The maximum absolute atomic E-state index is 12.8. The van der Waals surface area contributed by atoms with Crippen LogP contribution in [0.15, 0.2) is 14.6 Å². The molecule has 2 aromatic rings. The Morgan fingerprint density at radius 2 is 1.70 bits per heavy atom. The molecule has 1 saturated carbocycles. The van der Waals surface area contributed by atoms with Gasteiger partial charge in [0.1, 0.15) is 16.2 Å². The molecule has 0 bridgehead atoms. The monoisotopic (exact) mass is 389 g/mol. The lowest BCUT2D eigenvalue weighted by Crippen LogP contribution is -2.38. The number of likely N-dealkylation sites (tertiary alicyclic amines) is 1. The van der Waals surface area contributed by atoms with Gasteiger partial charge in [0.05, 0.1) is 0 Å². The highest BCUT2D eigenvalue weighted by Crippen LogP contribution is 2.34. The molecule has 2 aromatic heterocycles. The van der Waals surface area contributed by atoms with Gasteiger partial charge in [0.2, 0.25) is 0 Å². The first-order valence-electron chi connectivity index (χ1n) is 9.89. The van der Waals surface area contributed by atoms with E-state index >= 15 is 0 Å². The second kappa shape index (κ2) is 7.75. The number of rotatable bonds is 5. The Morgan fingerprint density at radius 1 is 1.00 bits per heavy atom. The summed E-state index contributed by atoms with van der Waals surface area (Å²) < 4.78 is 2.65. The van der Waals surface area contributed by atoms with Crippen LogP contribution < -0.4 is 11.2 Å². The van der Waals surface area contributed by atoms with Crippen molar-refractivity contribution < 1.29 is 0 Å². The Balaban J connectivity index is 1.75. The lowest BCUT2D eigenvalue weighted by molar-refractivity contribution is 0.362. The molecule has 1 aliphatic carbocycles. The molecule has 2 aliphatic rings. The fraction of sp³-hybridized carbons (Fsp3) is 0.684. The van der Waals surface area contributed by atoms with E-state index in [0.29, 0.717) is 17.0 Å². The molecule has 0 spiro atoms. The third-order valence-corrected chi connectivity index (χ3v) is 6.80. The number of hydrogen-bond donors (Lipinski definition) is 0. The third kappa shape index (κ3) is 3.57. The van der Waals surface area contributed by atoms with Gasteiger partial charge in [-0.1, -0.05) is 12.8 Å². The van der Waals surface area contributed by atoms with Gasteiger partial charge < -0.3 is 4.90 Å². The molecule has 0 aromatic carbocycles. The average molecular weight is 390 g/mol. The second-order valence-electron chi connectivity index (χ2n) is 7.67. The van der Waals surface area contributed by atoms with Crippen LogP contribution in [0.2, 0.25) is 0 Å². The van der Waals surface area contributed by atoms with Gasteiger partial charge in [-0.25, -0.2) is 14.8 Å². The Kier molecular flexibility index (Phi) is 5.36. The molecule has 8 heteroatoms. The van der Waals surface area contributed by atoms with Crippen molar-refractivity contribution in [1.82, 2.24) is 24.0 Å². The van der Waals surface area contributed by atoms with E-state index in [1.54, 1.807) is 18.8 Å². The van der Waals surface area contributed by atoms with Crippen LogP contribution in [0.3, 0.4) is 0 Å². The number of thioether (sulfide) groups is 1. The number of fused-ring (bicyclic) bond motifs is 1. The maximum atomic E-state index is 12.8. The van der Waals surface area contributed by atoms with Gasteiger partial charge in [-0.2, -0.15) is 0 Å². The zero-order chi connectivity index (χ0) is 19.0. The summed E-state index contributed by atoms with van der Waals surface area (Å²) in [6.45, 7) is 3.32. The normalized spacial score (nSPS) is 18.7. The molecule has 0 radical (unpaired) electrons. The van der Waals surface area contributed by atoms with E-state index in [0.717, 1.165) is 53.6 Å². The Hall–Kier alpha value is -1.67. The topological polar surface area (TPSA) is 73.0 Å². The minimum absolute atomic E-state index is 0.297. The molecule has 27 heavy (non-hydrogen) atoms. The van der Waals surface area contributed by atoms with E-state index in [1.165, 1.54) is 37.3 Å². The van der Waals surface area contributed by atoms with E-state index in [9.17, 15) is 9.59 Å². The summed E-state index contributed by atoms with van der Waals surface area (Å²) in [5.74, 6) is 2.03. The molecule has 0 unspecified atom stereocenters. The first kappa shape index (κ1) is 18.7. The summed E-state index contributed by atoms with van der Waals surface area (Å²) in [6, 6.07) is 0. The number of aryl methyl sites for hydroxylation is 1. The average Bonchev–Trinajstić information content (AvgIpc) is 3.38. The number of nitrogens with zero attached hydrogens (tertiary/aromatic N) is 5. The fourth-order valence-electron chi connectivity index (χ4n) is 4.19. The number of aromatic nitrogens is 4. The summed E-state index contributed by atoms with van der Waals surface area (Å²) in [7, 11) is 3.21. The highest BCUT2D eigenvalue weighted by atomic mass is 32.2. The quantitative estimate of drug-likeness (QED) is 0.574. The summed E-state index contributed by atoms with van der Waals surface area (Å²) in [5, 5.41) is 1.21. The van der Waals surface area contributed by atoms with Gasteiger partial charge >= 0.3 is 5.69 Å². The smallest absolute Gasteiger partial charge is 0.303 e. The molecule has 0 amide bonds. The fourth-order valence-corrected chi connectivity index (χ4v) is 5.22. The van der Waals surface area contributed by atoms with Gasteiger partial charge in [0.25, 0.3) is 5.56 Å². The zero-order valence-corrected chi connectivity index (χ0v) is 16.9. The summed E-state index contributed by atoms with van der Waals surface area (Å²) >= 11 is 1.63. The molecule has 7 nitrogen and oxygen atoms in total. The van der Waals surface area contributed by atoms with Gasteiger partial charge in [-0.05, 0) is 38.8 Å². The SMILES string of the molecule is Cn1c(=O)c2c(SCCN3CCCC3)nc(C3CCCC3)nc2n(C)c1=O. The molecule has 0 N–H and O–H groups in total. The van der Waals surface area contributed by atoms with Crippen molar-refractivity contribution in [2.45, 2.75) is 49.5 Å². The van der Waals surface area contributed by atoms with Crippen molar-refractivity contribution >= 4 is 22.8 Å². The summed E-state index contributed by atoms with van der Waals surface area (Å²) in [5.41, 5.74) is -0.157. The van der Waals surface area contributed by atoms with Crippen molar-refractivity contribution in [2.75, 3.05) is 25.4 Å². The van der Waals surface area contributed by atoms with Crippen molar-refractivity contribution in [1.29, 1.82) is 0 Å². The van der Waals surface area contributed by atoms with Crippen molar-refractivity contribution in [3.8, 4) is 0 Å². The predicted octanol–water partition coefficient (Wildman–Crippen LogP) is 1.87. The van der Waals surface area contributed by atoms with Crippen LogP contribution >= 0.6 is 11.8 Å². The van der Waals surface area contributed by atoms with Crippen LogP contribution in [0.1, 0.15) is 50.3 Å². The van der Waals surface area contributed by atoms with Crippen LogP contribution in [0.5, 0.6) is 0 Å².